The fourth-order valence-corrected chi connectivity index (χ4v) is 8.44. The van der Waals surface area contributed by atoms with Crippen molar-refractivity contribution in [3.8, 4) is 24.7 Å². The zero-order valence-electron chi connectivity index (χ0n) is 20.1. The second-order valence-corrected chi connectivity index (χ2v) is 11.1. The SMILES string of the molecule is C#CC1C[C@@H]2CC[C@@H]3[C@H](CC[C@@]4(C)[C@H]3CC[C@]4(C#C)OC(=O)CC)[C@@]2(C)[C@@H]1OC(=O)CC. The van der Waals surface area contributed by atoms with Crippen molar-refractivity contribution in [3.05, 3.63) is 0 Å². The predicted octanol–water partition coefficient (Wildman–Crippen LogP) is 5.15. The van der Waals surface area contributed by atoms with Gasteiger partial charge in [0.25, 0.3) is 0 Å². The van der Waals surface area contributed by atoms with Crippen molar-refractivity contribution >= 4 is 11.9 Å². The van der Waals surface area contributed by atoms with E-state index in [1.54, 1.807) is 0 Å². The van der Waals surface area contributed by atoms with Gasteiger partial charge in [0.1, 0.15) is 6.10 Å². The standard InChI is InChI=1S/C28H38O4/c1-7-18-17-19-11-12-20-21-14-16-28(10-4,32-24(30)9-3)26(21,5)15-13-22(20)27(19,6)25(18)31-23(29)8-2/h1,4,18-22,25H,8-9,11-17H2,2-3,5-6H3/t18?,19-,20-,21-,22-,25+,26-,27-,28-/m0/s1. The summed E-state index contributed by atoms with van der Waals surface area (Å²) in [4.78, 5) is 24.6. The molecule has 1 unspecified atom stereocenters. The Kier molecular flexibility index (Phi) is 5.90. The lowest BCUT2D eigenvalue weighted by Crippen LogP contribution is -2.58. The van der Waals surface area contributed by atoms with Crippen LogP contribution in [0.15, 0.2) is 0 Å². The minimum absolute atomic E-state index is 0.00792. The number of rotatable bonds is 4. The van der Waals surface area contributed by atoms with Crippen LogP contribution in [0, 0.1) is 65.1 Å². The van der Waals surface area contributed by atoms with Crippen LogP contribution in [0.3, 0.4) is 0 Å². The van der Waals surface area contributed by atoms with Gasteiger partial charge in [0.15, 0.2) is 5.60 Å². The van der Waals surface area contributed by atoms with Crippen LogP contribution in [-0.2, 0) is 19.1 Å². The second-order valence-electron chi connectivity index (χ2n) is 11.1. The fraction of sp³-hybridized carbons (Fsp3) is 0.786. The lowest BCUT2D eigenvalue weighted by atomic mass is 9.47. The Morgan fingerprint density at radius 1 is 0.969 bits per heavy atom. The number of carbonyl (C=O) groups is 2. The molecule has 32 heavy (non-hydrogen) atoms. The minimum atomic E-state index is -0.807. The Balaban J connectivity index is 1.67. The summed E-state index contributed by atoms with van der Waals surface area (Å²) in [6.07, 6.45) is 19.4. The summed E-state index contributed by atoms with van der Waals surface area (Å²) in [6.45, 7) is 8.25. The largest absolute Gasteiger partial charge is 0.460 e. The molecule has 4 fully saturated rings. The Hall–Kier alpha value is -1.94. The van der Waals surface area contributed by atoms with Crippen molar-refractivity contribution < 1.29 is 19.1 Å². The summed E-state index contributed by atoms with van der Waals surface area (Å²) in [6, 6.07) is 0. The molecule has 4 rings (SSSR count). The van der Waals surface area contributed by atoms with Crippen LogP contribution in [0.4, 0.5) is 0 Å². The Bertz CT molecular complexity index is 864. The number of terminal acetylenes is 2. The highest BCUT2D eigenvalue weighted by atomic mass is 16.6. The zero-order valence-corrected chi connectivity index (χ0v) is 20.1. The van der Waals surface area contributed by atoms with E-state index in [-0.39, 0.29) is 34.8 Å². The summed E-state index contributed by atoms with van der Waals surface area (Å²) in [7, 11) is 0. The van der Waals surface area contributed by atoms with Crippen LogP contribution >= 0.6 is 0 Å². The fourth-order valence-electron chi connectivity index (χ4n) is 8.44. The molecule has 0 aliphatic heterocycles. The van der Waals surface area contributed by atoms with Crippen molar-refractivity contribution in [2.75, 3.05) is 0 Å². The van der Waals surface area contributed by atoms with Crippen LogP contribution in [-0.4, -0.2) is 23.6 Å². The molecule has 4 aliphatic rings. The molecule has 0 amide bonds. The maximum atomic E-state index is 12.3. The second kappa shape index (κ2) is 8.13. The highest BCUT2D eigenvalue weighted by Gasteiger charge is 2.69. The lowest BCUT2D eigenvalue weighted by Gasteiger charge is -2.59. The molecule has 0 radical (unpaired) electrons. The molecule has 4 aliphatic carbocycles. The van der Waals surface area contributed by atoms with Gasteiger partial charge < -0.3 is 9.47 Å². The first-order valence-corrected chi connectivity index (χ1v) is 12.6. The molecule has 9 atom stereocenters. The molecule has 4 saturated carbocycles. The van der Waals surface area contributed by atoms with Crippen LogP contribution in [0.2, 0.25) is 0 Å². The highest BCUT2D eigenvalue weighted by Crippen LogP contribution is 2.70. The van der Waals surface area contributed by atoms with E-state index in [9.17, 15) is 9.59 Å². The van der Waals surface area contributed by atoms with Crippen LogP contribution in [0.25, 0.3) is 0 Å². The van der Waals surface area contributed by atoms with E-state index in [0.29, 0.717) is 36.5 Å². The molecule has 0 bridgehead atoms. The van der Waals surface area contributed by atoms with E-state index in [4.69, 9.17) is 22.3 Å². The minimum Gasteiger partial charge on any atom is -0.460 e. The van der Waals surface area contributed by atoms with E-state index in [2.05, 4.69) is 25.7 Å². The number of hydrogen-bond donors (Lipinski definition) is 0. The predicted molar refractivity (Wildman–Crippen MR) is 123 cm³/mol. The van der Waals surface area contributed by atoms with E-state index in [0.717, 1.165) is 44.9 Å². The molecule has 4 nitrogen and oxygen atoms in total. The first-order chi connectivity index (χ1) is 15.2. The third-order valence-electron chi connectivity index (χ3n) is 10.2. The number of esters is 2. The van der Waals surface area contributed by atoms with Gasteiger partial charge in [-0.1, -0.05) is 39.5 Å². The van der Waals surface area contributed by atoms with Gasteiger partial charge in [-0.05, 0) is 68.6 Å². The summed E-state index contributed by atoms with van der Waals surface area (Å²) in [5, 5.41) is 0. The molecule has 0 heterocycles. The summed E-state index contributed by atoms with van der Waals surface area (Å²) >= 11 is 0. The first kappa shape index (κ1) is 23.2. The maximum absolute atomic E-state index is 12.3. The van der Waals surface area contributed by atoms with Gasteiger partial charge in [0, 0.05) is 23.7 Å². The van der Waals surface area contributed by atoms with E-state index in [1.807, 2.05) is 13.8 Å². The summed E-state index contributed by atoms with van der Waals surface area (Å²) < 4.78 is 12.1. The van der Waals surface area contributed by atoms with Crippen molar-refractivity contribution in [2.24, 2.45) is 40.4 Å². The monoisotopic (exact) mass is 438 g/mol. The molecule has 174 valence electrons. The van der Waals surface area contributed by atoms with Crippen molar-refractivity contribution in [1.82, 2.24) is 0 Å². The average molecular weight is 439 g/mol. The normalized spacial score (nSPS) is 46.7. The Labute approximate surface area is 193 Å². The molecule has 0 N–H and O–H groups in total. The van der Waals surface area contributed by atoms with Gasteiger partial charge in [-0.25, -0.2) is 0 Å². The van der Waals surface area contributed by atoms with Gasteiger partial charge in [0.05, 0.1) is 5.92 Å². The number of fused-ring (bicyclic) bond motifs is 5. The van der Waals surface area contributed by atoms with Crippen LogP contribution < -0.4 is 0 Å². The molecular formula is C28H38O4. The van der Waals surface area contributed by atoms with E-state index in [1.165, 1.54) is 0 Å². The quantitative estimate of drug-likeness (QED) is 0.450. The summed E-state index contributed by atoms with van der Waals surface area (Å²) in [5.41, 5.74) is -1.12. The number of ether oxygens (including phenoxy) is 2. The smallest absolute Gasteiger partial charge is 0.307 e. The van der Waals surface area contributed by atoms with Gasteiger partial charge in [0.2, 0.25) is 0 Å². The molecular weight excluding hydrogens is 400 g/mol. The van der Waals surface area contributed by atoms with Crippen LogP contribution in [0.1, 0.15) is 85.5 Å². The van der Waals surface area contributed by atoms with Crippen molar-refractivity contribution in [3.63, 3.8) is 0 Å². The topological polar surface area (TPSA) is 52.6 Å². The first-order valence-electron chi connectivity index (χ1n) is 12.6. The van der Waals surface area contributed by atoms with E-state index < -0.39 is 5.60 Å². The molecule has 0 saturated heterocycles. The molecule has 0 aromatic heterocycles. The average Bonchev–Trinajstić information content (AvgIpc) is 3.24. The van der Waals surface area contributed by atoms with Crippen LogP contribution in [0.5, 0.6) is 0 Å². The molecule has 0 aromatic carbocycles. The van der Waals surface area contributed by atoms with Gasteiger partial charge in [-0.15, -0.1) is 12.8 Å². The van der Waals surface area contributed by atoms with Gasteiger partial charge in [-0.3, -0.25) is 9.59 Å². The van der Waals surface area contributed by atoms with Gasteiger partial charge >= 0.3 is 11.9 Å². The van der Waals surface area contributed by atoms with Crippen molar-refractivity contribution in [2.45, 2.75) is 97.2 Å². The molecule has 4 heteroatoms. The highest BCUT2D eigenvalue weighted by molar-refractivity contribution is 5.70. The Morgan fingerprint density at radius 2 is 1.66 bits per heavy atom. The third kappa shape index (κ3) is 3.05. The number of hydrogen-bond acceptors (Lipinski definition) is 4. The zero-order chi connectivity index (χ0) is 23.3. The van der Waals surface area contributed by atoms with Gasteiger partial charge in [-0.2, -0.15) is 0 Å². The Morgan fingerprint density at radius 3 is 2.28 bits per heavy atom. The lowest BCUT2D eigenvalue weighted by molar-refractivity contribution is -0.183. The summed E-state index contributed by atoms with van der Waals surface area (Å²) in [5.74, 6) is 7.38. The number of carbonyl (C=O) groups excluding carboxylic acids is 2. The molecule has 0 spiro atoms. The molecule has 0 aromatic rings. The maximum Gasteiger partial charge on any atom is 0.307 e. The van der Waals surface area contributed by atoms with Crippen molar-refractivity contribution in [1.29, 1.82) is 0 Å². The third-order valence-corrected chi connectivity index (χ3v) is 10.2. The van der Waals surface area contributed by atoms with E-state index >= 15 is 0 Å².